The van der Waals surface area contributed by atoms with Crippen LogP contribution in [0.25, 0.3) is 0 Å². The number of Topliss-reactive ketones (excluding diaryl/α,β-unsaturated/α-hetero) is 1. The van der Waals surface area contributed by atoms with Crippen molar-refractivity contribution in [2.75, 3.05) is 32.5 Å². The summed E-state index contributed by atoms with van der Waals surface area (Å²) in [5.74, 6) is -3.68. The van der Waals surface area contributed by atoms with Crippen molar-refractivity contribution in [1.29, 1.82) is 0 Å². The van der Waals surface area contributed by atoms with E-state index in [9.17, 15) is 24.3 Å². The molecule has 142 valence electrons. The van der Waals surface area contributed by atoms with Crippen LogP contribution >= 0.6 is 23.4 Å². The van der Waals surface area contributed by atoms with Gasteiger partial charge in [0.15, 0.2) is 0 Å². The lowest BCUT2D eigenvalue weighted by atomic mass is 10.0. The third-order valence-electron chi connectivity index (χ3n) is 3.64. The molecule has 0 bridgehead atoms. The average molecular weight is 406 g/mol. The van der Waals surface area contributed by atoms with E-state index < -0.39 is 46.6 Å². The Hall–Kier alpha value is -2.11. The molecule has 0 aromatic carbocycles. The molecule has 1 fully saturated rings. The van der Waals surface area contributed by atoms with Crippen molar-refractivity contribution in [3.63, 3.8) is 0 Å². The topological polar surface area (TPSA) is 135 Å². The van der Waals surface area contributed by atoms with Gasteiger partial charge in [0.05, 0.1) is 12.5 Å². The van der Waals surface area contributed by atoms with Crippen LogP contribution < -0.4 is 5.32 Å². The molecule has 0 saturated carbocycles. The number of hydrogen-bond donors (Lipinski definition) is 2. The molecule has 26 heavy (non-hydrogen) atoms. The molecule has 2 aliphatic heterocycles. The number of aliphatic carboxylic acids is 1. The van der Waals surface area contributed by atoms with Crippen LogP contribution in [-0.2, 0) is 28.8 Å². The summed E-state index contributed by atoms with van der Waals surface area (Å²) in [6, 6.07) is -0.990. The van der Waals surface area contributed by atoms with Gasteiger partial charge in [0, 0.05) is 12.9 Å². The Morgan fingerprint density at radius 1 is 1.42 bits per heavy atom. The van der Waals surface area contributed by atoms with Crippen molar-refractivity contribution in [3.8, 4) is 0 Å². The number of carbonyl (C=O) groups is 4. The van der Waals surface area contributed by atoms with Crippen LogP contribution in [0.2, 0.25) is 0 Å². The van der Waals surface area contributed by atoms with Crippen LogP contribution in [0, 0.1) is 0 Å². The van der Waals surface area contributed by atoms with Gasteiger partial charge in [-0.3, -0.25) is 19.3 Å². The van der Waals surface area contributed by atoms with E-state index in [1.807, 2.05) is 0 Å². The van der Waals surface area contributed by atoms with E-state index in [0.29, 0.717) is 11.3 Å². The number of halogens is 1. The maximum Gasteiger partial charge on any atom is 0.352 e. The molecule has 2 amide bonds. The summed E-state index contributed by atoms with van der Waals surface area (Å²) in [4.78, 5) is 53.3. The fraction of sp³-hybridized carbons (Fsp3) is 0.500. The first kappa shape index (κ1) is 20.2. The molecule has 0 aromatic rings. The minimum absolute atomic E-state index is 0.0804. The summed E-state index contributed by atoms with van der Waals surface area (Å²) < 4.78 is 4.97. The number of carboxylic acid groups (broad SMARTS) is 1. The third kappa shape index (κ3) is 3.69. The van der Waals surface area contributed by atoms with Gasteiger partial charge in [-0.1, -0.05) is 5.16 Å². The zero-order valence-electron chi connectivity index (χ0n) is 13.9. The Morgan fingerprint density at radius 3 is 2.65 bits per heavy atom. The lowest BCUT2D eigenvalue weighted by Crippen LogP contribution is -2.71. The Kier molecular flexibility index (Phi) is 6.62. The number of carbonyl (C=O) groups excluding carboxylic acids is 3. The predicted octanol–water partition coefficient (Wildman–Crippen LogP) is -0.818. The Bertz CT molecular complexity index is 709. The normalized spacial score (nSPS) is 22.5. The minimum Gasteiger partial charge on any atom is -0.477 e. The van der Waals surface area contributed by atoms with Crippen molar-refractivity contribution in [2.24, 2.45) is 5.16 Å². The van der Waals surface area contributed by atoms with Crippen LogP contribution in [0.15, 0.2) is 16.4 Å². The molecule has 12 heteroatoms. The van der Waals surface area contributed by atoms with Gasteiger partial charge in [0.2, 0.25) is 11.5 Å². The van der Waals surface area contributed by atoms with Crippen LogP contribution in [0.4, 0.5) is 0 Å². The molecule has 1 unspecified atom stereocenters. The van der Waals surface area contributed by atoms with Crippen molar-refractivity contribution in [3.05, 3.63) is 11.3 Å². The number of nitrogens with one attached hydrogen (secondary N) is 1. The number of amides is 2. The quantitative estimate of drug-likeness (QED) is 0.176. The number of carboxylic acids is 1. The second-order valence-corrected chi connectivity index (χ2v) is 6.60. The highest BCUT2D eigenvalue weighted by atomic mass is 35.5. The van der Waals surface area contributed by atoms with Crippen LogP contribution in [0.1, 0.15) is 0 Å². The van der Waals surface area contributed by atoms with Crippen LogP contribution in [0.5, 0.6) is 0 Å². The molecule has 1 saturated heterocycles. The lowest BCUT2D eigenvalue weighted by molar-refractivity contribution is -0.150. The van der Waals surface area contributed by atoms with Crippen LogP contribution in [-0.4, -0.2) is 83.2 Å². The largest absolute Gasteiger partial charge is 0.477 e. The summed E-state index contributed by atoms with van der Waals surface area (Å²) in [6.07, 6.45) is 0. The van der Waals surface area contributed by atoms with E-state index in [1.54, 1.807) is 0 Å². The molecule has 0 radical (unpaired) electrons. The predicted molar refractivity (Wildman–Crippen MR) is 91.7 cm³/mol. The number of oxime groups is 1. The maximum atomic E-state index is 12.4. The summed E-state index contributed by atoms with van der Waals surface area (Å²) >= 11 is 6.70. The van der Waals surface area contributed by atoms with E-state index in [0.717, 1.165) is 12.0 Å². The SMILES string of the molecule is COCC1=C(C(=O)O)N2C(=O)C(NC(=O)/C(=N\OC)C(=O)CCl)[C@@H]2SC1. The number of methoxy groups -OCH3 is 1. The number of alkyl halides is 1. The number of β-lactam (4-membered cyclic amide) rings is 1. The number of ether oxygens (including phenoxy) is 1. The number of fused-ring (bicyclic) bond motifs is 1. The fourth-order valence-electron chi connectivity index (χ4n) is 2.55. The molecule has 2 N–H and O–H groups in total. The average Bonchev–Trinajstić information content (AvgIpc) is 2.62. The lowest BCUT2D eigenvalue weighted by Gasteiger charge is -2.49. The summed E-state index contributed by atoms with van der Waals surface area (Å²) in [5, 5.41) is 14.5. The summed E-state index contributed by atoms with van der Waals surface area (Å²) in [5.41, 5.74) is -0.240. The molecule has 0 aliphatic carbocycles. The van der Waals surface area contributed by atoms with E-state index in [1.165, 1.54) is 18.9 Å². The molecule has 2 heterocycles. The van der Waals surface area contributed by atoms with Crippen molar-refractivity contribution >= 4 is 52.6 Å². The van der Waals surface area contributed by atoms with Gasteiger partial charge in [-0.15, -0.1) is 23.4 Å². The standard InChI is InChI=1S/C14H16ClN3O7S/c1-24-4-6-5-26-13-9(12(21)18(13)10(6)14(22)23)16-11(20)8(17-25-2)7(19)3-15/h9,13H,3-5H2,1-2H3,(H,16,20)(H,22,23)/b17-8-/t9?,13-/m0/s1. The summed E-state index contributed by atoms with van der Waals surface area (Å²) in [6.45, 7) is 0.0804. The highest BCUT2D eigenvalue weighted by molar-refractivity contribution is 8.00. The third-order valence-corrected chi connectivity index (χ3v) is 5.22. The van der Waals surface area contributed by atoms with Crippen molar-refractivity contribution in [2.45, 2.75) is 11.4 Å². The first-order valence-corrected chi connectivity index (χ1v) is 8.85. The van der Waals surface area contributed by atoms with Gasteiger partial charge in [-0.2, -0.15) is 0 Å². The number of nitrogens with zero attached hydrogens (tertiary/aromatic N) is 2. The zero-order valence-corrected chi connectivity index (χ0v) is 15.4. The minimum atomic E-state index is -1.25. The van der Waals surface area contributed by atoms with Crippen molar-refractivity contribution < 1.29 is 33.9 Å². The monoisotopic (exact) mass is 405 g/mol. The number of rotatable bonds is 8. The Morgan fingerprint density at radius 2 is 2.12 bits per heavy atom. The van der Waals surface area contributed by atoms with E-state index >= 15 is 0 Å². The van der Waals surface area contributed by atoms with E-state index in [-0.39, 0.29) is 12.3 Å². The molecule has 10 nitrogen and oxygen atoms in total. The van der Waals surface area contributed by atoms with E-state index in [2.05, 4.69) is 15.3 Å². The van der Waals surface area contributed by atoms with Gasteiger partial charge < -0.3 is 20.0 Å². The highest BCUT2D eigenvalue weighted by Gasteiger charge is 2.54. The van der Waals surface area contributed by atoms with Gasteiger partial charge in [-0.05, 0) is 5.57 Å². The smallest absolute Gasteiger partial charge is 0.352 e. The van der Waals surface area contributed by atoms with Gasteiger partial charge >= 0.3 is 5.97 Å². The van der Waals surface area contributed by atoms with Gasteiger partial charge in [0.25, 0.3) is 11.8 Å². The first-order chi connectivity index (χ1) is 12.4. The number of hydrogen-bond acceptors (Lipinski definition) is 8. The van der Waals surface area contributed by atoms with E-state index in [4.69, 9.17) is 16.3 Å². The fourth-order valence-corrected chi connectivity index (χ4v) is 4.01. The van der Waals surface area contributed by atoms with Crippen molar-refractivity contribution in [1.82, 2.24) is 10.2 Å². The Balaban J connectivity index is 2.18. The second-order valence-electron chi connectivity index (χ2n) is 5.23. The highest BCUT2D eigenvalue weighted by Crippen LogP contribution is 2.40. The summed E-state index contributed by atoms with van der Waals surface area (Å²) in [7, 11) is 2.58. The number of thioether (sulfide) groups is 1. The second kappa shape index (κ2) is 8.52. The molecule has 2 aliphatic rings. The zero-order chi connectivity index (χ0) is 19.4. The Labute approximate surface area is 157 Å². The maximum absolute atomic E-state index is 12.4. The van der Waals surface area contributed by atoms with Gasteiger partial charge in [0.1, 0.15) is 24.2 Å². The van der Waals surface area contributed by atoms with Crippen LogP contribution in [0.3, 0.4) is 0 Å². The van der Waals surface area contributed by atoms with Gasteiger partial charge in [-0.25, -0.2) is 4.79 Å². The molecular formula is C14H16ClN3O7S. The number of ketones is 1. The molecule has 0 spiro atoms. The molecule has 2 atom stereocenters. The molecule has 2 rings (SSSR count). The molecule has 0 aromatic heterocycles. The molecular weight excluding hydrogens is 390 g/mol. The first-order valence-electron chi connectivity index (χ1n) is 7.27.